The zero-order valence-corrected chi connectivity index (χ0v) is 19.0. The Hall–Kier alpha value is -2.83. The third kappa shape index (κ3) is 6.32. The second-order valence-electron chi connectivity index (χ2n) is 7.51. The first-order valence-electron chi connectivity index (χ1n) is 9.98. The Morgan fingerprint density at radius 2 is 1.68 bits per heavy atom. The summed E-state index contributed by atoms with van der Waals surface area (Å²) in [7, 11) is -3.77. The molecule has 0 aromatic heterocycles. The molecular weight excluding hydrogens is 432 g/mol. The van der Waals surface area contributed by atoms with Crippen LogP contribution in [0.1, 0.15) is 34.8 Å². The molecule has 5 nitrogen and oxygen atoms in total. The smallest absolute Gasteiger partial charge is 0.261 e. The Morgan fingerprint density at radius 3 is 2.35 bits per heavy atom. The summed E-state index contributed by atoms with van der Waals surface area (Å²) in [5.41, 5.74) is 2.66. The Balaban J connectivity index is 1.68. The Morgan fingerprint density at radius 1 is 1.00 bits per heavy atom. The molecule has 0 aliphatic heterocycles. The second kappa shape index (κ2) is 9.98. The van der Waals surface area contributed by atoms with Gasteiger partial charge in [-0.1, -0.05) is 59.6 Å². The summed E-state index contributed by atoms with van der Waals surface area (Å²) in [6.45, 7) is 3.81. The molecule has 0 fully saturated rings. The molecule has 0 bridgehead atoms. The monoisotopic (exact) mass is 456 g/mol. The van der Waals surface area contributed by atoms with E-state index in [4.69, 9.17) is 11.6 Å². The average molecular weight is 457 g/mol. The Kier molecular flexibility index (Phi) is 7.36. The fraction of sp³-hybridized carbons (Fsp3) is 0.208. The molecule has 0 heterocycles. The molecule has 2 N–H and O–H groups in total. The van der Waals surface area contributed by atoms with Crippen LogP contribution in [0.3, 0.4) is 0 Å². The molecule has 0 unspecified atom stereocenters. The Labute approximate surface area is 188 Å². The van der Waals surface area contributed by atoms with Crippen molar-refractivity contribution in [2.24, 2.45) is 0 Å². The third-order valence-corrected chi connectivity index (χ3v) is 6.61. The molecule has 0 aliphatic rings. The van der Waals surface area contributed by atoms with Gasteiger partial charge in [0, 0.05) is 11.7 Å². The summed E-state index contributed by atoms with van der Waals surface area (Å²) in [5.74, 6) is -0.345. The van der Waals surface area contributed by atoms with Crippen molar-refractivity contribution in [2.45, 2.75) is 37.6 Å². The molecular formula is C24H25ClN2O3S. The number of hydrogen-bond acceptors (Lipinski definition) is 3. The van der Waals surface area contributed by atoms with Gasteiger partial charge in [-0.05, 0) is 62.6 Å². The number of carbonyl (C=O) groups excluding carboxylic acids is 1. The van der Waals surface area contributed by atoms with E-state index in [0.717, 1.165) is 18.4 Å². The number of rotatable bonds is 8. The predicted molar refractivity (Wildman–Crippen MR) is 125 cm³/mol. The molecule has 162 valence electrons. The molecule has 3 rings (SSSR count). The van der Waals surface area contributed by atoms with Crippen LogP contribution in [-0.2, 0) is 16.4 Å². The lowest BCUT2D eigenvalue weighted by Gasteiger charge is -2.16. The highest BCUT2D eigenvalue weighted by atomic mass is 35.5. The molecule has 1 atom stereocenters. The predicted octanol–water partition coefficient (Wildman–Crippen LogP) is 5.20. The summed E-state index contributed by atoms with van der Waals surface area (Å²) >= 11 is 6.22. The maximum absolute atomic E-state index is 12.7. The molecule has 3 aromatic carbocycles. The molecule has 0 saturated heterocycles. The minimum Gasteiger partial charge on any atom is -0.350 e. The van der Waals surface area contributed by atoms with Crippen molar-refractivity contribution in [3.05, 3.63) is 94.5 Å². The van der Waals surface area contributed by atoms with Crippen LogP contribution in [0, 0.1) is 6.92 Å². The number of hydrogen-bond donors (Lipinski definition) is 2. The van der Waals surface area contributed by atoms with E-state index in [1.807, 2.05) is 32.0 Å². The molecule has 31 heavy (non-hydrogen) atoms. The Bertz CT molecular complexity index is 1150. The van der Waals surface area contributed by atoms with Crippen molar-refractivity contribution in [3.63, 3.8) is 0 Å². The molecule has 0 radical (unpaired) electrons. The largest absolute Gasteiger partial charge is 0.350 e. The lowest BCUT2D eigenvalue weighted by atomic mass is 10.1. The second-order valence-corrected chi connectivity index (χ2v) is 9.60. The number of carbonyl (C=O) groups is 1. The van der Waals surface area contributed by atoms with E-state index in [9.17, 15) is 13.2 Å². The normalized spacial score (nSPS) is 12.2. The fourth-order valence-corrected chi connectivity index (χ4v) is 4.35. The van der Waals surface area contributed by atoms with Crippen molar-refractivity contribution in [3.8, 4) is 0 Å². The van der Waals surface area contributed by atoms with Crippen LogP contribution in [-0.4, -0.2) is 20.4 Å². The van der Waals surface area contributed by atoms with Crippen molar-refractivity contribution >= 4 is 33.2 Å². The van der Waals surface area contributed by atoms with Gasteiger partial charge in [0.25, 0.3) is 15.9 Å². The molecule has 0 saturated carbocycles. The summed E-state index contributed by atoms with van der Waals surface area (Å²) in [4.78, 5) is 12.9. The zero-order valence-electron chi connectivity index (χ0n) is 17.4. The molecule has 0 aliphatic carbocycles. The minimum absolute atomic E-state index is 0.0725. The number of sulfonamides is 1. The first kappa shape index (κ1) is 22.8. The van der Waals surface area contributed by atoms with Gasteiger partial charge in [-0.3, -0.25) is 9.52 Å². The SMILES string of the molecule is Cc1ccc(S(=O)(=O)Nc2ccc(Cl)c(C(=O)N[C@H](C)CCc3ccccc3)c2)cc1. The van der Waals surface area contributed by atoms with E-state index in [-0.39, 0.29) is 33.1 Å². The maximum atomic E-state index is 12.7. The number of halogens is 1. The number of anilines is 1. The highest BCUT2D eigenvalue weighted by Gasteiger charge is 2.18. The first-order chi connectivity index (χ1) is 14.7. The third-order valence-electron chi connectivity index (χ3n) is 4.88. The van der Waals surface area contributed by atoms with E-state index < -0.39 is 10.0 Å². The van der Waals surface area contributed by atoms with E-state index in [2.05, 4.69) is 22.2 Å². The van der Waals surface area contributed by atoms with E-state index in [1.54, 1.807) is 12.1 Å². The van der Waals surface area contributed by atoms with Crippen LogP contribution in [0.5, 0.6) is 0 Å². The van der Waals surface area contributed by atoms with Crippen molar-refractivity contribution in [2.75, 3.05) is 4.72 Å². The topological polar surface area (TPSA) is 75.3 Å². The zero-order chi connectivity index (χ0) is 22.4. The first-order valence-corrected chi connectivity index (χ1v) is 11.8. The van der Waals surface area contributed by atoms with Gasteiger partial charge in [0.05, 0.1) is 15.5 Å². The highest BCUT2D eigenvalue weighted by molar-refractivity contribution is 7.92. The average Bonchev–Trinajstić information content (AvgIpc) is 2.74. The quantitative estimate of drug-likeness (QED) is 0.489. The van der Waals surface area contributed by atoms with E-state index >= 15 is 0 Å². The van der Waals surface area contributed by atoms with Gasteiger partial charge in [-0.15, -0.1) is 0 Å². The fourth-order valence-electron chi connectivity index (χ4n) is 3.10. The molecule has 1 amide bonds. The van der Waals surface area contributed by atoms with Crippen molar-refractivity contribution in [1.82, 2.24) is 5.32 Å². The number of benzene rings is 3. The van der Waals surface area contributed by atoms with Crippen LogP contribution in [0.2, 0.25) is 5.02 Å². The van der Waals surface area contributed by atoms with Gasteiger partial charge in [-0.2, -0.15) is 0 Å². The summed E-state index contributed by atoms with van der Waals surface area (Å²) in [5, 5.41) is 3.19. The molecule has 7 heteroatoms. The van der Waals surface area contributed by atoms with Crippen LogP contribution in [0.25, 0.3) is 0 Å². The van der Waals surface area contributed by atoms with Crippen molar-refractivity contribution < 1.29 is 13.2 Å². The van der Waals surface area contributed by atoms with Gasteiger partial charge in [0.1, 0.15) is 0 Å². The summed E-state index contributed by atoms with van der Waals surface area (Å²) in [6.07, 6.45) is 1.61. The highest BCUT2D eigenvalue weighted by Crippen LogP contribution is 2.23. The molecule has 3 aromatic rings. The standard InChI is InChI=1S/C24H25ClN2O3S/c1-17-8-13-21(14-9-17)31(29,30)27-20-12-15-23(25)22(16-20)24(28)26-18(2)10-11-19-6-4-3-5-7-19/h3-9,12-16,18,27H,10-11H2,1-2H3,(H,26,28)/t18-/m1/s1. The lowest BCUT2D eigenvalue weighted by Crippen LogP contribution is -2.33. The van der Waals surface area contributed by atoms with Gasteiger partial charge in [0.15, 0.2) is 0 Å². The lowest BCUT2D eigenvalue weighted by molar-refractivity contribution is 0.0938. The minimum atomic E-state index is -3.77. The van der Waals surface area contributed by atoms with Crippen LogP contribution in [0.15, 0.2) is 77.7 Å². The summed E-state index contributed by atoms with van der Waals surface area (Å²) < 4.78 is 27.8. The van der Waals surface area contributed by atoms with Gasteiger partial charge >= 0.3 is 0 Å². The van der Waals surface area contributed by atoms with Crippen LogP contribution < -0.4 is 10.0 Å². The number of amides is 1. The number of aryl methyl sites for hydroxylation is 2. The van der Waals surface area contributed by atoms with E-state index in [0.29, 0.717) is 0 Å². The van der Waals surface area contributed by atoms with E-state index in [1.165, 1.54) is 35.9 Å². The van der Waals surface area contributed by atoms with Crippen LogP contribution >= 0.6 is 11.6 Å². The van der Waals surface area contributed by atoms with Gasteiger partial charge in [0.2, 0.25) is 0 Å². The van der Waals surface area contributed by atoms with Gasteiger partial charge in [-0.25, -0.2) is 8.42 Å². The maximum Gasteiger partial charge on any atom is 0.261 e. The molecule has 0 spiro atoms. The van der Waals surface area contributed by atoms with Gasteiger partial charge < -0.3 is 5.32 Å². The number of nitrogens with one attached hydrogen (secondary N) is 2. The van der Waals surface area contributed by atoms with Crippen LogP contribution in [0.4, 0.5) is 5.69 Å². The summed E-state index contributed by atoms with van der Waals surface area (Å²) in [6, 6.07) is 21.0. The van der Waals surface area contributed by atoms with Crippen molar-refractivity contribution in [1.29, 1.82) is 0 Å².